The highest BCUT2D eigenvalue weighted by Gasteiger charge is 2.20. The van der Waals surface area contributed by atoms with Crippen LogP contribution in [0, 0.1) is 13.8 Å². The van der Waals surface area contributed by atoms with Crippen molar-refractivity contribution in [2.75, 3.05) is 11.1 Å². The van der Waals surface area contributed by atoms with Crippen LogP contribution >= 0.6 is 11.6 Å². The second-order valence-corrected chi connectivity index (χ2v) is 7.27. The summed E-state index contributed by atoms with van der Waals surface area (Å²) in [6, 6.07) is 14.7. The van der Waals surface area contributed by atoms with E-state index in [1.807, 2.05) is 37.3 Å². The van der Waals surface area contributed by atoms with E-state index in [9.17, 15) is 4.79 Å². The molecule has 0 atom stereocenters. The van der Waals surface area contributed by atoms with Crippen LogP contribution in [0.2, 0.25) is 5.02 Å². The number of nitrogens with two attached hydrogens (primary N) is 1. The third kappa shape index (κ3) is 4.04. The molecular formula is C21H19ClN6O2. The molecule has 0 aliphatic rings. The van der Waals surface area contributed by atoms with Gasteiger partial charge in [0.15, 0.2) is 11.5 Å². The van der Waals surface area contributed by atoms with Gasteiger partial charge < -0.3 is 15.5 Å². The fourth-order valence-corrected chi connectivity index (χ4v) is 3.16. The van der Waals surface area contributed by atoms with Gasteiger partial charge in [-0.2, -0.15) is 0 Å². The van der Waals surface area contributed by atoms with Crippen molar-refractivity contribution in [2.24, 2.45) is 0 Å². The van der Waals surface area contributed by atoms with E-state index in [2.05, 4.69) is 20.6 Å². The third-order valence-corrected chi connectivity index (χ3v) is 4.76. The van der Waals surface area contributed by atoms with E-state index in [1.54, 1.807) is 25.1 Å². The van der Waals surface area contributed by atoms with Gasteiger partial charge >= 0.3 is 0 Å². The van der Waals surface area contributed by atoms with Gasteiger partial charge in [0.05, 0.1) is 6.54 Å². The van der Waals surface area contributed by atoms with Gasteiger partial charge in [0.1, 0.15) is 11.5 Å². The summed E-state index contributed by atoms with van der Waals surface area (Å²) in [6.07, 6.45) is 0. The molecule has 152 valence electrons. The molecule has 3 N–H and O–H groups in total. The van der Waals surface area contributed by atoms with Crippen LogP contribution in [0.5, 0.6) is 0 Å². The maximum atomic E-state index is 12.5. The van der Waals surface area contributed by atoms with E-state index >= 15 is 0 Å². The molecule has 0 bridgehead atoms. The maximum Gasteiger partial charge on any atom is 0.280 e. The number of aryl methyl sites for hydroxylation is 2. The van der Waals surface area contributed by atoms with Gasteiger partial charge in [0, 0.05) is 16.3 Å². The molecule has 2 heterocycles. The first kappa shape index (κ1) is 19.7. The highest BCUT2D eigenvalue weighted by atomic mass is 35.5. The number of aromatic nitrogens is 4. The van der Waals surface area contributed by atoms with Gasteiger partial charge in [0.25, 0.3) is 5.91 Å². The van der Waals surface area contributed by atoms with E-state index in [1.165, 1.54) is 4.68 Å². The highest BCUT2D eigenvalue weighted by molar-refractivity contribution is 6.30. The number of carbonyl (C=O) groups is 1. The van der Waals surface area contributed by atoms with Gasteiger partial charge in [-0.15, -0.1) is 5.10 Å². The molecule has 2 aromatic heterocycles. The van der Waals surface area contributed by atoms with Crippen molar-refractivity contribution in [3.8, 4) is 11.5 Å². The number of anilines is 2. The second-order valence-electron chi connectivity index (χ2n) is 6.84. The first-order valence-electron chi connectivity index (χ1n) is 9.20. The predicted octanol–water partition coefficient (Wildman–Crippen LogP) is 4.09. The van der Waals surface area contributed by atoms with Crippen LogP contribution in [0.25, 0.3) is 11.5 Å². The number of oxazole rings is 1. The van der Waals surface area contributed by atoms with Gasteiger partial charge in [-0.1, -0.05) is 35.0 Å². The highest BCUT2D eigenvalue weighted by Crippen LogP contribution is 2.25. The second kappa shape index (κ2) is 8.00. The number of halogens is 1. The zero-order valence-corrected chi connectivity index (χ0v) is 17.1. The summed E-state index contributed by atoms with van der Waals surface area (Å²) in [7, 11) is 0. The molecule has 0 aliphatic heterocycles. The normalized spacial score (nSPS) is 10.9. The van der Waals surface area contributed by atoms with Crippen molar-refractivity contribution in [1.82, 2.24) is 20.0 Å². The molecule has 1 amide bonds. The van der Waals surface area contributed by atoms with Gasteiger partial charge in [-0.3, -0.25) is 4.79 Å². The number of rotatable bonds is 5. The number of benzene rings is 2. The number of carbonyl (C=O) groups excluding carboxylic acids is 1. The SMILES string of the molecule is Cc1cccc(NC(=O)c2nnn(Cc3nc(-c4cccc(Cl)c4)oc3C)c2N)c1. The van der Waals surface area contributed by atoms with Crippen molar-refractivity contribution in [1.29, 1.82) is 0 Å². The average molecular weight is 423 g/mol. The molecule has 0 saturated carbocycles. The van der Waals surface area contributed by atoms with Gasteiger partial charge in [-0.05, 0) is 49.7 Å². The summed E-state index contributed by atoms with van der Waals surface area (Å²) < 4.78 is 7.18. The van der Waals surface area contributed by atoms with E-state index in [0.717, 1.165) is 11.1 Å². The van der Waals surface area contributed by atoms with Crippen molar-refractivity contribution in [2.45, 2.75) is 20.4 Å². The Bertz CT molecular complexity index is 1230. The topological polar surface area (TPSA) is 112 Å². The van der Waals surface area contributed by atoms with E-state index in [-0.39, 0.29) is 18.1 Å². The number of hydrogen-bond donors (Lipinski definition) is 2. The predicted molar refractivity (Wildman–Crippen MR) is 114 cm³/mol. The molecule has 9 heteroatoms. The van der Waals surface area contributed by atoms with Crippen LogP contribution in [0.1, 0.15) is 27.5 Å². The zero-order chi connectivity index (χ0) is 21.3. The summed E-state index contributed by atoms with van der Waals surface area (Å²) in [5.74, 6) is 0.777. The summed E-state index contributed by atoms with van der Waals surface area (Å²) in [4.78, 5) is 17.1. The summed E-state index contributed by atoms with van der Waals surface area (Å²) in [6.45, 7) is 3.96. The third-order valence-electron chi connectivity index (χ3n) is 4.53. The minimum atomic E-state index is -0.430. The lowest BCUT2D eigenvalue weighted by molar-refractivity contribution is 0.102. The first-order valence-corrected chi connectivity index (χ1v) is 9.57. The Morgan fingerprint density at radius 1 is 1.20 bits per heavy atom. The molecule has 30 heavy (non-hydrogen) atoms. The fraction of sp³-hybridized carbons (Fsp3) is 0.143. The van der Waals surface area contributed by atoms with Crippen LogP contribution in [-0.4, -0.2) is 25.9 Å². The van der Waals surface area contributed by atoms with Crippen LogP contribution < -0.4 is 11.1 Å². The molecule has 0 unspecified atom stereocenters. The lowest BCUT2D eigenvalue weighted by Gasteiger charge is -2.05. The molecule has 4 rings (SSSR count). The average Bonchev–Trinajstić information content (AvgIpc) is 3.25. The molecule has 0 saturated heterocycles. The van der Waals surface area contributed by atoms with Crippen LogP contribution in [0.15, 0.2) is 52.9 Å². The summed E-state index contributed by atoms with van der Waals surface area (Å²) in [5, 5.41) is 11.3. The molecule has 2 aromatic carbocycles. The number of nitrogen functional groups attached to an aromatic ring is 1. The van der Waals surface area contributed by atoms with Gasteiger partial charge in [0.2, 0.25) is 5.89 Å². The number of amides is 1. The minimum absolute atomic E-state index is 0.0488. The van der Waals surface area contributed by atoms with Crippen molar-refractivity contribution >= 4 is 29.0 Å². The van der Waals surface area contributed by atoms with Crippen LogP contribution in [0.4, 0.5) is 11.5 Å². The van der Waals surface area contributed by atoms with Crippen LogP contribution in [-0.2, 0) is 6.54 Å². The molecule has 4 aromatic rings. The standard InChI is InChI=1S/C21H19ClN6O2/c1-12-5-3-8-16(9-12)24-20(29)18-19(23)28(27-26-18)11-17-13(2)30-21(25-17)14-6-4-7-15(22)10-14/h3-10H,11,23H2,1-2H3,(H,24,29). The van der Waals surface area contributed by atoms with Crippen LogP contribution in [0.3, 0.4) is 0 Å². The van der Waals surface area contributed by atoms with E-state index in [4.69, 9.17) is 21.8 Å². The zero-order valence-electron chi connectivity index (χ0n) is 16.4. The summed E-state index contributed by atoms with van der Waals surface area (Å²) in [5.41, 5.74) is 9.26. The Kier molecular flexibility index (Phi) is 5.24. The lowest BCUT2D eigenvalue weighted by atomic mass is 10.2. The molecule has 0 aliphatic carbocycles. The Morgan fingerprint density at radius 2 is 2.00 bits per heavy atom. The lowest BCUT2D eigenvalue weighted by Crippen LogP contribution is -2.15. The largest absolute Gasteiger partial charge is 0.441 e. The Labute approximate surface area is 177 Å². The molecule has 8 nitrogen and oxygen atoms in total. The minimum Gasteiger partial charge on any atom is -0.441 e. The van der Waals surface area contributed by atoms with E-state index in [0.29, 0.717) is 28.1 Å². The maximum absolute atomic E-state index is 12.5. The number of nitrogens with one attached hydrogen (secondary N) is 1. The summed E-state index contributed by atoms with van der Waals surface area (Å²) >= 11 is 6.04. The fourth-order valence-electron chi connectivity index (χ4n) is 2.97. The van der Waals surface area contributed by atoms with Crippen molar-refractivity contribution < 1.29 is 9.21 Å². The smallest absolute Gasteiger partial charge is 0.280 e. The number of nitrogens with zero attached hydrogens (tertiary/aromatic N) is 4. The quantitative estimate of drug-likeness (QED) is 0.501. The van der Waals surface area contributed by atoms with Crippen molar-refractivity contribution in [3.63, 3.8) is 0 Å². The van der Waals surface area contributed by atoms with E-state index < -0.39 is 5.91 Å². The Hall–Kier alpha value is -3.65. The molecule has 0 radical (unpaired) electrons. The Morgan fingerprint density at radius 3 is 2.77 bits per heavy atom. The number of hydrogen-bond acceptors (Lipinski definition) is 6. The molecule has 0 spiro atoms. The van der Waals surface area contributed by atoms with Crippen molar-refractivity contribution in [3.05, 3.63) is 76.3 Å². The molecule has 0 fully saturated rings. The Balaban J connectivity index is 1.54. The monoisotopic (exact) mass is 422 g/mol. The van der Waals surface area contributed by atoms with Gasteiger partial charge in [-0.25, -0.2) is 9.67 Å². The first-order chi connectivity index (χ1) is 14.4. The molecular weight excluding hydrogens is 404 g/mol.